The van der Waals surface area contributed by atoms with E-state index in [1.165, 1.54) is 17.7 Å². The van der Waals surface area contributed by atoms with Crippen molar-refractivity contribution in [3.63, 3.8) is 0 Å². The average molecular weight is 381 g/mol. The van der Waals surface area contributed by atoms with Gasteiger partial charge in [0, 0.05) is 12.2 Å². The first-order valence-corrected chi connectivity index (χ1v) is 9.09. The quantitative estimate of drug-likeness (QED) is 0.488. The predicted octanol–water partition coefficient (Wildman–Crippen LogP) is 5.19. The first-order valence-electron chi connectivity index (χ1n) is 8.30. The minimum absolute atomic E-state index is 0.0662. The Morgan fingerprint density at radius 1 is 1.24 bits per heavy atom. The van der Waals surface area contributed by atoms with Crippen LogP contribution >= 0.6 is 23.8 Å². The molecule has 0 fully saturated rings. The van der Waals surface area contributed by atoms with Crippen LogP contribution in [0.3, 0.4) is 0 Å². The molecule has 0 aliphatic heterocycles. The summed E-state index contributed by atoms with van der Waals surface area (Å²) in [7, 11) is 0. The second-order valence-corrected chi connectivity index (χ2v) is 6.38. The Morgan fingerprint density at radius 2 is 2.04 bits per heavy atom. The van der Waals surface area contributed by atoms with Crippen LogP contribution in [0, 0.1) is 5.82 Å². The third-order valence-electron chi connectivity index (χ3n) is 3.52. The van der Waals surface area contributed by atoms with E-state index in [2.05, 4.69) is 23.6 Å². The maximum atomic E-state index is 13.1. The van der Waals surface area contributed by atoms with Gasteiger partial charge < -0.3 is 15.4 Å². The molecule has 0 aliphatic carbocycles. The van der Waals surface area contributed by atoms with Crippen molar-refractivity contribution < 1.29 is 9.13 Å². The highest BCUT2D eigenvalue weighted by Crippen LogP contribution is 2.20. The minimum Gasteiger partial charge on any atom is -0.493 e. The van der Waals surface area contributed by atoms with Gasteiger partial charge in [-0.15, -0.1) is 0 Å². The van der Waals surface area contributed by atoms with Crippen LogP contribution < -0.4 is 15.4 Å². The van der Waals surface area contributed by atoms with Gasteiger partial charge in [0.15, 0.2) is 5.11 Å². The van der Waals surface area contributed by atoms with Gasteiger partial charge in [-0.25, -0.2) is 4.39 Å². The van der Waals surface area contributed by atoms with Gasteiger partial charge in [0.1, 0.15) is 11.6 Å². The van der Waals surface area contributed by atoms with Gasteiger partial charge in [0.05, 0.1) is 11.6 Å². The van der Waals surface area contributed by atoms with Gasteiger partial charge in [0.2, 0.25) is 0 Å². The lowest BCUT2D eigenvalue weighted by Gasteiger charge is -2.12. The molecular formula is C19H22ClFN2OS. The molecule has 0 bridgehead atoms. The van der Waals surface area contributed by atoms with Crippen LogP contribution in [0.2, 0.25) is 5.02 Å². The zero-order valence-corrected chi connectivity index (χ0v) is 15.7. The van der Waals surface area contributed by atoms with Crippen molar-refractivity contribution in [3.05, 3.63) is 58.9 Å². The topological polar surface area (TPSA) is 33.3 Å². The fraction of sp³-hybridized carbons (Fsp3) is 0.316. The van der Waals surface area contributed by atoms with Crippen molar-refractivity contribution >= 4 is 34.6 Å². The number of hydrogen-bond acceptors (Lipinski definition) is 2. The highest BCUT2D eigenvalue weighted by atomic mass is 35.5. The molecule has 0 spiro atoms. The molecule has 2 N–H and O–H groups in total. The summed E-state index contributed by atoms with van der Waals surface area (Å²) in [4.78, 5) is 0. The maximum absolute atomic E-state index is 13.1. The van der Waals surface area contributed by atoms with Crippen LogP contribution in [0.1, 0.15) is 25.3 Å². The van der Waals surface area contributed by atoms with Gasteiger partial charge in [-0.2, -0.15) is 0 Å². The Hall–Kier alpha value is -1.85. The van der Waals surface area contributed by atoms with Crippen molar-refractivity contribution in [2.75, 3.05) is 18.5 Å². The number of ether oxygens (including phenoxy) is 1. The minimum atomic E-state index is -0.449. The molecule has 0 saturated heterocycles. The molecule has 0 unspecified atom stereocenters. The van der Waals surface area contributed by atoms with Gasteiger partial charge in [-0.1, -0.05) is 36.7 Å². The van der Waals surface area contributed by atoms with Crippen LogP contribution in [-0.2, 0) is 6.42 Å². The van der Waals surface area contributed by atoms with Crippen LogP contribution in [0.25, 0.3) is 0 Å². The molecule has 2 rings (SSSR count). The van der Waals surface area contributed by atoms with Crippen LogP contribution in [-0.4, -0.2) is 18.3 Å². The van der Waals surface area contributed by atoms with Crippen LogP contribution in [0.4, 0.5) is 10.1 Å². The second-order valence-electron chi connectivity index (χ2n) is 5.57. The standard InChI is InChI=1S/C19H22ClFN2OS/c1-2-12-24-18-8-4-3-6-14(18)7-5-11-22-19(25)23-15-9-10-17(21)16(20)13-15/h3-4,6,8-10,13H,2,5,7,11-12H2,1H3,(H2,22,23,25). The third-order valence-corrected chi connectivity index (χ3v) is 4.06. The normalized spacial score (nSPS) is 10.4. The third kappa shape index (κ3) is 6.52. The Balaban J connectivity index is 1.75. The molecule has 3 nitrogen and oxygen atoms in total. The van der Waals surface area contributed by atoms with Crippen molar-refractivity contribution in [2.24, 2.45) is 0 Å². The Morgan fingerprint density at radius 3 is 2.80 bits per heavy atom. The van der Waals surface area contributed by atoms with Crippen molar-refractivity contribution in [2.45, 2.75) is 26.2 Å². The van der Waals surface area contributed by atoms with Crippen LogP contribution in [0.15, 0.2) is 42.5 Å². The van der Waals surface area contributed by atoms with Crippen molar-refractivity contribution in [1.82, 2.24) is 5.32 Å². The molecular weight excluding hydrogens is 359 g/mol. The summed E-state index contributed by atoms with van der Waals surface area (Å²) < 4.78 is 18.9. The number of hydrogen-bond donors (Lipinski definition) is 2. The fourth-order valence-corrected chi connectivity index (χ4v) is 2.69. The van der Waals surface area contributed by atoms with E-state index in [9.17, 15) is 4.39 Å². The smallest absolute Gasteiger partial charge is 0.170 e. The number of halogens is 2. The first kappa shape index (κ1) is 19.5. The average Bonchev–Trinajstić information content (AvgIpc) is 2.61. The number of nitrogens with one attached hydrogen (secondary N) is 2. The summed E-state index contributed by atoms with van der Waals surface area (Å²) in [5.74, 6) is 0.501. The zero-order valence-electron chi connectivity index (χ0n) is 14.1. The summed E-state index contributed by atoms with van der Waals surface area (Å²) in [5.41, 5.74) is 1.85. The summed E-state index contributed by atoms with van der Waals surface area (Å²) in [5, 5.41) is 6.68. The second kappa shape index (κ2) is 10.2. The molecule has 6 heteroatoms. The van der Waals surface area contributed by atoms with E-state index in [-0.39, 0.29) is 5.02 Å². The Bertz CT molecular complexity index is 712. The van der Waals surface area contributed by atoms with Crippen LogP contribution in [0.5, 0.6) is 5.75 Å². The zero-order chi connectivity index (χ0) is 18.1. The summed E-state index contributed by atoms with van der Waals surface area (Å²) in [6.07, 6.45) is 2.81. The van der Waals surface area contributed by atoms with E-state index < -0.39 is 5.82 Å². The van der Waals surface area contributed by atoms with E-state index in [0.717, 1.165) is 38.2 Å². The maximum Gasteiger partial charge on any atom is 0.170 e. The molecule has 134 valence electrons. The molecule has 0 aliphatic rings. The van der Waals surface area contributed by atoms with Gasteiger partial charge >= 0.3 is 0 Å². The molecule has 25 heavy (non-hydrogen) atoms. The molecule has 0 aromatic heterocycles. The first-order chi connectivity index (χ1) is 12.1. The van der Waals surface area contributed by atoms with Gasteiger partial charge in [-0.05, 0) is 61.3 Å². The summed E-state index contributed by atoms with van der Waals surface area (Å²) in [6, 6.07) is 12.5. The summed E-state index contributed by atoms with van der Waals surface area (Å²) >= 11 is 11.0. The molecule has 2 aromatic carbocycles. The number of para-hydroxylation sites is 1. The Kier molecular flexibility index (Phi) is 7.95. The fourth-order valence-electron chi connectivity index (χ4n) is 2.29. The van der Waals surface area contributed by atoms with Crippen molar-refractivity contribution in [1.29, 1.82) is 0 Å². The lowest BCUT2D eigenvalue weighted by molar-refractivity contribution is 0.314. The van der Waals surface area contributed by atoms with E-state index in [0.29, 0.717) is 10.8 Å². The number of benzene rings is 2. The van der Waals surface area contributed by atoms with E-state index in [4.69, 9.17) is 28.6 Å². The lowest BCUT2D eigenvalue weighted by Crippen LogP contribution is -2.29. The predicted molar refractivity (Wildman–Crippen MR) is 106 cm³/mol. The highest BCUT2D eigenvalue weighted by molar-refractivity contribution is 7.80. The number of aryl methyl sites for hydroxylation is 1. The molecule has 0 amide bonds. The van der Waals surface area contributed by atoms with Gasteiger partial charge in [-0.3, -0.25) is 0 Å². The number of anilines is 1. The lowest BCUT2D eigenvalue weighted by atomic mass is 10.1. The molecule has 0 saturated carbocycles. The van der Waals surface area contributed by atoms with E-state index in [1.807, 2.05) is 18.2 Å². The van der Waals surface area contributed by atoms with E-state index in [1.54, 1.807) is 6.07 Å². The SMILES string of the molecule is CCCOc1ccccc1CCCNC(=S)Nc1ccc(F)c(Cl)c1. The molecule has 0 atom stereocenters. The highest BCUT2D eigenvalue weighted by Gasteiger charge is 2.04. The Labute approximate surface area is 158 Å². The number of rotatable bonds is 8. The monoisotopic (exact) mass is 380 g/mol. The van der Waals surface area contributed by atoms with Gasteiger partial charge in [0.25, 0.3) is 0 Å². The largest absolute Gasteiger partial charge is 0.493 e. The van der Waals surface area contributed by atoms with E-state index >= 15 is 0 Å². The molecule has 2 aromatic rings. The summed E-state index contributed by atoms with van der Waals surface area (Å²) in [6.45, 7) is 3.54. The molecule has 0 heterocycles. The number of thiocarbonyl (C=S) groups is 1. The van der Waals surface area contributed by atoms with Crippen molar-refractivity contribution in [3.8, 4) is 5.75 Å². The molecule has 0 radical (unpaired) electrons.